The van der Waals surface area contributed by atoms with Crippen molar-refractivity contribution in [2.75, 3.05) is 23.0 Å². The standard InChI is InChI=1S/C11H16ClNO3S/c1-3-16-10-4-5-11(9(2)8-10)13-17(14,15)7-6-12/h4-5,8,13H,3,6-7H2,1-2H3. The average molecular weight is 278 g/mol. The van der Waals surface area contributed by atoms with Crippen LogP contribution in [-0.2, 0) is 10.0 Å². The van der Waals surface area contributed by atoms with E-state index in [2.05, 4.69) is 4.72 Å². The summed E-state index contributed by atoms with van der Waals surface area (Å²) in [4.78, 5) is 0. The van der Waals surface area contributed by atoms with Crippen molar-refractivity contribution in [2.45, 2.75) is 13.8 Å². The van der Waals surface area contributed by atoms with Gasteiger partial charge in [-0.05, 0) is 37.6 Å². The van der Waals surface area contributed by atoms with Crippen LogP contribution in [0.1, 0.15) is 12.5 Å². The van der Waals surface area contributed by atoms with E-state index < -0.39 is 10.0 Å². The Kier molecular flexibility index (Phi) is 5.08. The van der Waals surface area contributed by atoms with Crippen LogP contribution in [-0.4, -0.2) is 26.7 Å². The summed E-state index contributed by atoms with van der Waals surface area (Å²) < 4.78 is 30.9. The van der Waals surface area contributed by atoms with Crippen molar-refractivity contribution in [1.82, 2.24) is 0 Å². The molecule has 1 aromatic carbocycles. The summed E-state index contributed by atoms with van der Waals surface area (Å²) in [6, 6.07) is 5.21. The maximum atomic E-state index is 11.5. The van der Waals surface area contributed by atoms with Gasteiger partial charge in [0.15, 0.2) is 0 Å². The number of rotatable bonds is 6. The fraction of sp³-hybridized carbons (Fsp3) is 0.455. The molecule has 0 spiro atoms. The van der Waals surface area contributed by atoms with Gasteiger partial charge in [0.25, 0.3) is 0 Å². The van der Waals surface area contributed by atoms with Crippen molar-refractivity contribution < 1.29 is 13.2 Å². The van der Waals surface area contributed by atoms with E-state index in [-0.39, 0.29) is 11.6 Å². The molecule has 0 amide bonds. The second-order valence-electron chi connectivity index (χ2n) is 3.52. The Morgan fingerprint density at radius 1 is 1.41 bits per heavy atom. The molecular weight excluding hydrogens is 262 g/mol. The Morgan fingerprint density at radius 2 is 2.12 bits per heavy atom. The lowest BCUT2D eigenvalue weighted by atomic mass is 10.2. The van der Waals surface area contributed by atoms with Gasteiger partial charge in [-0.25, -0.2) is 8.42 Å². The van der Waals surface area contributed by atoms with Crippen LogP contribution in [0.15, 0.2) is 18.2 Å². The molecule has 0 atom stereocenters. The topological polar surface area (TPSA) is 55.4 Å². The molecule has 1 aromatic rings. The van der Waals surface area contributed by atoms with Gasteiger partial charge in [0.05, 0.1) is 18.0 Å². The molecule has 96 valence electrons. The Labute approximate surface area is 107 Å². The minimum atomic E-state index is -3.36. The van der Waals surface area contributed by atoms with E-state index in [1.165, 1.54) is 0 Å². The lowest BCUT2D eigenvalue weighted by molar-refractivity contribution is 0.340. The molecule has 0 aromatic heterocycles. The molecule has 0 heterocycles. The van der Waals surface area contributed by atoms with Gasteiger partial charge in [0.2, 0.25) is 10.0 Å². The van der Waals surface area contributed by atoms with Crippen molar-refractivity contribution in [3.8, 4) is 5.75 Å². The Bertz CT molecular complexity index is 474. The molecule has 17 heavy (non-hydrogen) atoms. The highest BCUT2D eigenvalue weighted by Gasteiger charge is 2.11. The van der Waals surface area contributed by atoms with Crippen LogP contribution in [0.3, 0.4) is 0 Å². The van der Waals surface area contributed by atoms with E-state index in [1.54, 1.807) is 18.2 Å². The van der Waals surface area contributed by atoms with E-state index in [9.17, 15) is 8.42 Å². The third-order valence-corrected chi connectivity index (χ3v) is 3.81. The number of anilines is 1. The number of halogens is 1. The highest BCUT2D eigenvalue weighted by Crippen LogP contribution is 2.22. The van der Waals surface area contributed by atoms with Crippen LogP contribution in [0.4, 0.5) is 5.69 Å². The molecule has 1 rings (SSSR count). The second kappa shape index (κ2) is 6.12. The number of sulfonamides is 1. The van der Waals surface area contributed by atoms with Crippen LogP contribution < -0.4 is 9.46 Å². The summed E-state index contributed by atoms with van der Waals surface area (Å²) in [5.74, 6) is 0.706. The zero-order valence-electron chi connectivity index (χ0n) is 9.86. The molecule has 1 N–H and O–H groups in total. The van der Waals surface area contributed by atoms with E-state index in [4.69, 9.17) is 16.3 Å². The summed E-state index contributed by atoms with van der Waals surface area (Å²) in [5.41, 5.74) is 1.37. The van der Waals surface area contributed by atoms with Crippen molar-refractivity contribution in [3.05, 3.63) is 23.8 Å². The zero-order chi connectivity index (χ0) is 12.9. The van der Waals surface area contributed by atoms with Gasteiger partial charge in [-0.1, -0.05) is 0 Å². The van der Waals surface area contributed by atoms with Crippen molar-refractivity contribution in [3.63, 3.8) is 0 Å². The summed E-state index contributed by atoms with van der Waals surface area (Å²) in [5, 5.41) is 0. The van der Waals surface area contributed by atoms with Gasteiger partial charge in [-0.15, -0.1) is 11.6 Å². The molecule has 0 unspecified atom stereocenters. The first-order valence-electron chi connectivity index (χ1n) is 5.28. The number of alkyl halides is 1. The number of ether oxygens (including phenoxy) is 1. The Hall–Kier alpha value is -0.940. The normalized spacial score (nSPS) is 11.2. The molecule has 0 aliphatic heterocycles. The number of hydrogen-bond donors (Lipinski definition) is 1. The number of nitrogens with one attached hydrogen (secondary N) is 1. The fourth-order valence-corrected chi connectivity index (χ4v) is 2.81. The summed E-state index contributed by atoms with van der Waals surface area (Å²) in [6.07, 6.45) is 0. The summed E-state index contributed by atoms with van der Waals surface area (Å²) in [6.45, 7) is 4.30. The number of benzene rings is 1. The van der Waals surface area contributed by atoms with Gasteiger partial charge in [-0.2, -0.15) is 0 Å². The molecule has 6 heteroatoms. The lowest BCUT2D eigenvalue weighted by Gasteiger charge is -2.11. The van der Waals surface area contributed by atoms with Crippen molar-refractivity contribution in [2.24, 2.45) is 0 Å². The van der Waals surface area contributed by atoms with Crippen LogP contribution >= 0.6 is 11.6 Å². The SMILES string of the molecule is CCOc1ccc(NS(=O)(=O)CCCl)c(C)c1. The molecule has 0 radical (unpaired) electrons. The number of aryl methyl sites for hydroxylation is 1. The van der Waals surface area contributed by atoms with Crippen molar-refractivity contribution in [1.29, 1.82) is 0 Å². The summed E-state index contributed by atoms with van der Waals surface area (Å²) >= 11 is 5.42. The van der Waals surface area contributed by atoms with Gasteiger partial charge in [0, 0.05) is 5.88 Å². The predicted molar refractivity (Wildman–Crippen MR) is 70.5 cm³/mol. The summed E-state index contributed by atoms with van der Waals surface area (Å²) in [7, 11) is -3.36. The monoisotopic (exact) mass is 277 g/mol. The van der Waals surface area contributed by atoms with E-state index in [1.807, 2.05) is 13.8 Å². The van der Waals surface area contributed by atoms with E-state index in [0.29, 0.717) is 12.3 Å². The van der Waals surface area contributed by atoms with Gasteiger partial charge in [0.1, 0.15) is 5.75 Å². The average Bonchev–Trinajstić information content (AvgIpc) is 2.22. The lowest BCUT2D eigenvalue weighted by Crippen LogP contribution is -2.18. The molecule has 0 aliphatic rings. The predicted octanol–water partition coefficient (Wildman–Crippen LogP) is 2.37. The van der Waals surface area contributed by atoms with Gasteiger partial charge < -0.3 is 4.74 Å². The molecule has 0 bridgehead atoms. The molecule has 0 saturated heterocycles. The molecule has 4 nitrogen and oxygen atoms in total. The maximum absolute atomic E-state index is 11.5. The largest absolute Gasteiger partial charge is 0.494 e. The van der Waals surface area contributed by atoms with E-state index >= 15 is 0 Å². The highest BCUT2D eigenvalue weighted by atomic mass is 35.5. The van der Waals surface area contributed by atoms with Crippen LogP contribution in [0, 0.1) is 6.92 Å². The minimum absolute atomic E-state index is 0.0748. The first kappa shape index (κ1) is 14.1. The highest BCUT2D eigenvalue weighted by molar-refractivity contribution is 7.92. The molecule has 0 aliphatic carbocycles. The third kappa shape index (κ3) is 4.44. The molecule has 0 saturated carbocycles. The first-order valence-corrected chi connectivity index (χ1v) is 7.47. The first-order chi connectivity index (χ1) is 7.98. The van der Waals surface area contributed by atoms with Gasteiger partial charge >= 0.3 is 0 Å². The Morgan fingerprint density at radius 3 is 2.65 bits per heavy atom. The van der Waals surface area contributed by atoms with Crippen molar-refractivity contribution >= 4 is 27.3 Å². The molecular formula is C11H16ClNO3S. The van der Waals surface area contributed by atoms with Crippen LogP contribution in [0.25, 0.3) is 0 Å². The van der Waals surface area contributed by atoms with Crippen LogP contribution in [0.2, 0.25) is 0 Å². The smallest absolute Gasteiger partial charge is 0.233 e. The quantitative estimate of drug-likeness (QED) is 0.812. The molecule has 0 fully saturated rings. The Balaban J connectivity index is 2.86. The zero-order valence-corrected chi connectivity index (χ0v) is 11.4. The number of hydrogen-bond acceptors (Lipinski definition) is 3. The third-order valence-electron chi connectivity index (χ3n) is 2.12. The minimum Gasteiger partial charge on any atom is -0.494 e. The van der Waals surface area contributed by atoms with Crippen LogP contribution in [0.5, 0.6) is 5.75 Å². The van der Waals surface area contributed by atoms with E-state index in [0.717, 1.165) is 11.3 Å². The van der Waals surface area contributed by atoms with Gasteiger partial charge in [-0.3, -0.25) is 4.72 Å². The maximum Gasteiger partial charge on any atom is 0.233 e. The fourth-order valence-electron chi connectivity index (χ4n) is 1.33. The second-order valence-corrected chi connectivity index (χ2v) is 5.74.